The number of hydrogen-bond donors (Lipinski definition) is 5. The Morgan fingerprint density at radius 1 is 1.16 bits per heavy atom. The van der Waals surface area contributed by atoms with Gasteiger partial charge in [-0.2, -0.15) is 4.98 Å². The largest absolute Gasteiger partial charge is 0.488 e. The second-order valence-corrected chi connectivity index (χ2v) is 9.03. The molecule has 1 aliphatic heterocycles. The first-order valence-electron chi connectivity index (χ1n) is 11.5. The molecular weight excluding hydrogens is 514 g/mol. The Kier molecular flexibility index (Phi) is 6.85. The molecule has 0 bridgehead atoms. The normalized spacial score (nSPS) is 15.2. The number of aryl methyl sites for hydroxylation is 1. The first kappa shape index (κ1) is 25.4. The predicted molar refractivity (Wildman–Crippen MR) is 142 cm³/mol. The van der Waals surface area contributed by atoms with Gasteiger partial charge in [0.05, 0.1) is 5.57 Å². The van der Waals surface area contributed by atoms with Gasteiger partial charge in [-0.3, -0.25) is 10.1 Å². The third kappa shape index (κ3) is 5.23. The van der Waals surface area contributed by atoms with Crippen LogP contribution in [-0.2, 0) is 4.79 Å². The maximum absolute atomic E-state index is 13.6. The summed E-state index contributed by atoms with van der Waals surface area (Å²) in [5, 5.41) is 28.0. The maximum Gasteiger partial charge on any atom is 0.488 e. The Balaban J connectivity index is 1.49. The molecule has 1 aliphatic rings. The number of aliphatic imine (C=N–C) groups is 1. The van der Waals surface area contributed by atoms with Crippen LogP contribution in [0.1, 0.15) is 24.1 Å². The van der Waals surface area contributed by atoms with E-state index in [1.807, 2.05) is 13.0 Å². The Morgan fingerprint density at radius 3 is 2.74 bits per heavy atom. The Bertz CT molecular complexity index is 1620. The van der Waals surface area contributed by atoms with E-state index in [1.165, 1.54) is 36.5 Å². The second-order valence-electron chi connectivity index (χ2n) is 8.63. The number of benzene rings is 2. The van der Waals surface area contributed by atoms with Crippen molar-refractivity contribution in [3.05, 3.63) is 88.0 Å². The first-order chi connectivity index (χ1) is 18.2. The number of aromatic nitrogens is 2. The molecule has 0 radical (unpaired) electrons. The van der Waals surface area contributed by atoms with E-state index in [2.05, 4.69) is 30.9 Å². The standard InChI is InChI=1S/C25H21BClFN6O4/c1-12-3-5-16(17(27)9-12)22-21(23(35)32-20-10-14(26(36)37)7-8-29-20)13(2)30-24(33-22)34-25-31-18-6-4-15(28)11-19(18)38-25/h3-11,22,36-37H,1-2H3,(H,29,32,35)(H2,30,31,33,34). The van der Waals surface area contributed by atoms with Gasteiger partial charge in [0, 0.05) is 28.5 Å². The second kappa shape index (κ2) is 10.2. The molecule has 0 spiro atoms. The van der Waals surface area contributed by atoms with Crippen molar-refractivity contribution in [3.8, 4) is 0 Å². The monoisotopic (exact) mass is 534 g/mol. The van der Waals surface area contributed by atoms with E-state index < -0.39 is 24.9 Å². The van der Waals surface area contributed by atoms with Gasteiger partial charge in [0.1, 0.15) is 23.2 Å². The molecule has 10 nitrogen and oxygen atoms in total. The van der Waals surface area contributed by atoms with Crippen molar-refractivity contribution < 1.29 is 23.7 Å². The topological polar surface area (TPSA) is 145 Å². The van der Waals surface area contributed by atoms with E-state index in [4.69, 9.17) is 16.0 Å². The average Bonchev–Trinajstić information content (AvgIpc) is 3.25. The van der Waals surface area contributed by atoms with Gasteiger partial charge in [-0.25, -0.2) is 14.4 Å². The molecule has 2 aromatic carbocycles. The summed E-state index contributed by atoms with van der Waals surface area (Å²) in [6, 6.07) is 11.5. The molecule has 0 saturated heterocycles. The lowest BCUT2D eigenvalue weighted by Gasteiger charge is -2.27. The highest BCUT2D eigenvalue weighted by Crippen LogP contribution is 2.36. The van der Waals surface area contributed by atoms with Crippen molar-refractivity contribution in [2.45, 2.75) is 19.9 Å². The number of nitrogens with one attached hydrogen (secondary N) is 3. The lowest BCUT2D eigenvalue weighted by atomic mass is 9.81. The van der Waals surface area contributed by atoms with Crippen molar-refractivity contribution in [1.82, 2.24) is 15.3 Å². The molecule has 1 amide bonds. The number of pyridine rings is 1. The van der Waals surface area contributed by atoms with Crippen molar-refractivity contribution in [2.24, 2.45) is 4.99 Å². The van der Waals surface area contributed by atoms with E-state index in [0.717, 1.165) is 5.56 Å². The van der Waals surface area contributed by atoms with Gasteiger partial charge < -0.3 is 25.1 Å². The summed E-state index contributed by atoms with van der Waals surface area (Å²) < 4.78 is 19.2. The lowest BCUT2D eigenvalue weighted by Crippen LogP contribution is -2.37. The first-order valence-corrected chi connectivity index (χ1v) is 11.8. The third-order valence-electron chi connectivity index (χ3n) is 5.84. The lowest BCUT2D eigenvalue weighted by molar-refractivity contribution is -0.113. The van der Waals surface area contributed by atoms with Crippen LogP contribution in [0.3, 0.4) is 0 Å². The van der Waals surface area contributed by atoms with Gasteiger partial charge in [0.25, 0.3) is 5.91 Å². The van der Waals surface area contributed by atoms with Gasteiger partial charge in [-0.1, -0.05) is 23.7 Å². The van der Waals surface area contributed by atoms with Gasteiger partial charge in [-0.15, -0.1) is 0 Å². The molecule has 5 rings (SSSR count). The fourth-order valence-electron chi connectivity index (χ4n) is 4.03. The van der Waals surface area contributed by atoms with Crippen molar-refractivity contribution in [3.63, 3.8) is 0 Å². The van der Waals surface area contributed by atoms with E-state index in [9.17, 15) is 19.2 Å². The number of guanidine groups is 1. The van der Waals surface area contributed by atoms with E-state index in [0.29, 0.717) is 21.8 Å². The van der Waals surface area contributed by atoms with E-state index in [1.54, 1.807) is 19.1 Å². The number of halogens is 2. The number of hydrogen-bond acceptors (Lipinski definition) is 9. The Labute approximate surface area is 221 Å². The fourth-order valence-corrected chi connectivity index (χ4v) is 4.36. The molecule has 13 heteroatoms. The van der Waals surface area contributed by atoms with Crippen molar-refractivity contribution in [1.29, 1.82) is 0 Å². The van der Waals surface area contributed by atoms with Crippen molar-refractivity contribution in [2.75, 3.05) is 10.6 Å². The summed E-state index contributed by atoms with van der Waals surface area (Å²) in [6.45, 7) is 3.59. The number of allylic oxidation sites excluding steroid dienone is 1. The van der Waals surface area contributed by atoms with Crippen LogP contribution in [-0.4, -0.2) is 39.0 Å². The Morgan fingerprint density at radius 2 is 1.97 bits per heavy atom. The van der Waals surface area contributed by atoms with Gasteiger partial charge in [0.2, 0.25) is 5.96 Å². The quantitative estimate of drug-likeness (QED) is 0.246. The zero-order chi connectivity index (χ0) is 27.0. The molecule has 3 heterocycles. The van der Waals surface area contributed by atoms with Crippen LogP contribution in [0.15, 0.2) is 75.4 Å². The minimum absolute atomic E-state index is 0.0786. The highest BCUT2D eigenvalue weighted by molar-refractivity contribution is 6.58. The van der Waals surface area contributed by atoms with Crippen LogP contribution < -0.4 is 21.4 Å². The zero-order valence-electron chi connectivity index (χ0n) is 20.2. The molecule has 4 aromatic rings. The summed E-state index contributed by atoms with van der Waals surface area (Å²) >= 11 is 6.57. The van der Waals surface area contributed by atoms with Crippen LogP contribution in [0.25, 0.3) is 11.1 Å². The highest BCUT2D eigenvalue weighted by atomic mass is 35.5. The molecule has 1 unspecified atom stereocenters. The van der Waals surface area contributed by atoms with Crippen LogP contribution >= 0.6 is 11.6 Å². The van der Waals surface area contributed by atoms with E-state index in [-0.39, 0.29) is 34.4 Å². The summed E-state index contributed by atoms with van der Waals surface area (Å²) in [7, 11) is -1.72. The fraction of sp³-hybridized carbons (Fsp3) is 0.120. The van der Waals surface area contributed by atoms with Crippen LogP contribution in [0.4, 0.5) is 16.2 Å². The number of rotatable bonds is 5. The molecule has 0 aliphatic carbocycles. The molecule has 38 heavy (non-hydrogen) atoms. The molecular formula is C25H21BClFN6O4. The molecule has 0 saturated carbocycles. The number of anilines is 2. The number of fused-ring (bicyclic) bond motifs is 1. The van der Waals surface area contributed by atoms with Gasteiger partial charge in [0.15, 0.2) is 5.58 Å². The maximum atomic E-state index is 13.6. The highest BCUT2D eigenvalue weighted by Gasteiger charge is 2.31. The summed E-state index contributed by atoms with van der Waals surface area (Å²) in [5.41, 5.74) is 3.12. The number of nitrogens with zero attached hydrogens (tertiary/aromatic N) is 3. The number of carbonyl (C=O) groups is 1. The molecule has 192 valence electrons. The number of carbonyl (C=O) groups excluding carboxylic acids is 1. The van der Waals surface area contributed by atoms with Crippen LogP contribution in [0.5, 0.6) is 0 Å². The van der Waals surface area contributed by atoms with Crippen molar-refractivity contribution >= 4 is 59.0 Å². The summed E-state index contributed by atoms with van der Waals surface area (Å²) in [6.07, 6.45) is 1.35. The predicted octanol–water partition coefficient (Wildman–Crippen LogP) is 3.03. The minimum Gasteiger partial charge on any atom is -0.423 e. The average molecular weight is 535 g/mol. The molecule has 5 N–H and O–H groups in total. The molecule has 1 atom stereocenters. The van der Waals surface area contributed by atoms with Gasteiger partial charge >= 0.3 is 13.1 Å². The summed E-state index contributed by atoms with van der Waals surface area (Å²) in [5.74, 6) is -0.614. The number of oxazole rings is 1. The third-order valence-corrected chi connectivity index (χ3v) is 6.16. The molecule has 0 fully saturated rings. The van der Waals surface area contributed by atoms with E-state index >= 15 is 0 Å². The van der Waals surface area contributed by atoms with Crippen LogP contribution in [0.2, 0.25) is 5.02 Å². The number of amides is 1. The van der Waals surface area contributed by atoms with Gasteiger partial charge in [-0.05, 0) is 55.2 Å². The Hall–Kier alpha value is -4.26. The zero-order valence-corrected chi connectivity index (χ0v) is 20.9. The summed E-state index contributed by atoms with van der Waals surface area (Å²) in [4.78, 5) is 26.5. The van der Waals surface area contributed by atoms with Crippen LogP contribution in [0, 0.1) is 12.7 Å². The minimum atomic E-state index is -1.72. The molecule has 2 aromatic heterocycles. The SMILES string of the molecule is CC1=C(C(=O)Nc2cc(B(O)O)ccn2)C(c2ccc(C)cc2Cl)N=C(Nc2nc3ccc(F)cc3o2)N1. The smallest absolute Gasteiger partial charge is 0.423 e.